The van der Waals surface area contributed by atoms with Gasteiger partial charge in [0.1, 0.15) is 11.9 Å². The summed E-state index contributed by atoms with van der Waals surface area (Å²) in [6.07, 6.45) is 2.00. The monoisotopic (exact) mass is 429 g/mol. The van der Waals surface area contributed by atoms with Crippen molar-refractivity contribution in [1.82, 2.24) is 24.9 Å². The van der Waals surface area contributed by atoms with Crippen LogP contribution in [0.4, 0.5) is 0 Å². The molecule has 158 valence electrons. The number of H-pyrrole nitrogens is 1. The van der Waals surface area contributed by atoms with Crippen LogP contribution in [0, 0.1) is 6.92 Å². The first kappa shape index (κ1) is 20.4. The van der Waals surface area contributed by atoms with Gasteiger partial charge in [-0.05, 0) is 25.1 Å². The second-order valence-corrected chi connectivity index (χ2v) is 7.63. The number of ether oxygens (including phenoxy) is 2. The number of aromatic nitrogens is 4. The lowest BCUT2D eigenvalue weighted by Gasteiger charge is -2.32. The molecule has 1 atom stereocenters. The van der Waals surface area contributed by atoms with E-state index < -0.39 is 0 Å². The van der Waals surface area contributed by atoms with Gasteiger partial charge in [0.25, 0.3) is 5.91 Å². The van der Waals surface area contributed by atoms with Gasteiger partial charge < -0.3 is 14.4 Å². The number of hydrogen-bond donors (Lipinski definition) is 1. The second-order valence-electron chi connectivity index (χ2n) is 7.22. The molecule has 8 nitrogen and oxygen atoms in total. The zero-order chi connectivity index (χ0) is 21.1. The number of benzene rings is 1. The quantitative estimate of drug-likeness (QED) is 0.651. The van der Waals surface area contributed by atoms with E-state index in [1.54, 1.807) is 21.8 Å². The first-order chi connectivity index (χ1) is 14.5. The van der Waals surface area contributed by atoms with Crippen LogP contribution in [0.2, 0.25) is 5.02 Å². The summed E-state index contributed by atoms with van der Waals surface area (Å²) in [5.74, 6) is 0.632. The molecule has 2 aromatic heterocycles. The first-order valence-electron chi connectivity index (χ1n) is 9.84. The van der Waals surface area contributed by atoms with Crippen molar-refractivity contribution >= 4 is 17.5 Å². The number of halogens is 1. The van der Waals surface area contributed by atoms with Gasteiger partial charge in [0.05, 0.1) is 42.2 Å². The van der Waals surface area contributed by atoms with E-state index in [4.69, 9.17) is 21.1 Å². The molecule has 3 aromatic rings. The molecule has 0 spiro atoms. The molecule has 1 amide bonds. The fourth-order valence-electron chi connectivity index (χ4n) is 3.40. The lowest BCUT2D eigenvalue weighted by atomic mass is 10.1. The van der Waals surface area contributed by atoms with Crippen LogP contribution < -0.4 is 4.74 Å². The molecule has 0 unspecified atom stereocenters. The zero-order valence-electron chi connectivity index (χ0n) is 17.0. The van der Waals surface area contributed by atoms with Crippen LogP contribution >= 0.6 is 11.6 Å². The van der Waals surface area contributed by atoms with Crippen LogP contribution in [0.15, 0.2) is 36.5 Å². The topological polar surface area (TPSA) is 85.3 Å². The third-order valence-corrected chi connectivity index (χ3v) is 5.58. The maximum Gasteiger partial charge on any atom is 0.257 e. The largest absolute Gasteiger partial charge is 0.492 e. The smallest absolute Gasteiger partial charge is 0.257 e. The molecule has 0 saturated carbocycles. The molecule has 4 rings (SSSR count). The molecular weight excluding hydrogens is 406 g/mol. The van der Waals surface area contributed by atoms with Gasteiger partial charge in [-0.15, -0.1) is 0 Å². The average Bonchev–Trinajstić information content (AvgIpc) is 3.36. The number of para-hydroxylation sites is 1. The summed E-state index contributed by atoms with van der Waals surface area (Å²) in [6.45, 7) is 3.83. The summed E-state index contributed by atoms with van der Waals surface area (Å²) in [5.41, 5.74) is 3.19. The van der Waals surface area contributed by atoms with E-state index in [-0.39, 0.29) is 12.0 Å². The SMILES string of the molecule is Cc1c(C(=O)N2CCO[C@@H](c3cc(CCOc4ccccc4Cl)[nH]n3)C2)cnn1C. The normalized spacial score (nSPS) is 16.6. The molecule has 30 heavy (non-hydrogen) atoms. The predicted molar refractivity (Wildman–Crippen MR) is 112 cm³/mol. The van der Waals surface area contributed by atoms with Crippen molar-refractivity contribution in [3.63, 3.8) is 0 Å². The Labute approximate surface area is 179 Å². The van der Waals surface area contributed by atoms with E-state index in [9.17, 15) is 4.79 Å². The Balaban J connectivity index is 1.35. The Kier molecular flexibility index (Phi) is 6.06. The van der Waals surface area contributed by atoms with Crippen molar-refractivity contribution in [2.45, 2.75) is 19.4 Å². The van der Waals surface area contributed by atoms with Crippen LogP contribution in [0.25, 0.3) is 0 Å². The molecule has 1 N–H and O–H groups in total. The van der Waals surface area contributed by atoms with Crippen molar-refractivity contribution in [3.05, 3.63) is 64.2 Å². The third-order valence-electron chi connectivity index (χ3n) is 5.27. The summed E-state index contributed by atoms with van der Waals surface area (Å²) in [4.78, 5) is 14.7. The van der Waals surface area contributed by atoms with Gasteiger partial charge in [0.2, 0.25) is 0 Å². The van der Waals surface area contributed by atoms with Crippen molar-refractivity contribution in [1.29, 1.82) is 0 Å². The molecule has 1 fully saturated rings. The molecule has 9 heteroatoms. The number of aryl methyl sites for hydroxylation is 1. The lowest BCUT2D eigenvalue weighted by molar-refractivity contribution is -0.0247. The average molecular weight is 430 g/mol. The number of hydrogen-bond acceptors (Lipinski definition) is 5. The molecule has 0 aliphatic carbocycles. The number of amides is 1. The third kappa shape index (κ3) is 4.34. The molecule has 1 aromatic carbocycles. The highest BCUT2D eigenvalue weighted by molar-refractivity contribution is 6.32. The highest BCUT2D eigenvalue weighted by Gasteiger charge is 2.29. The van der Waals surface area contributed by atoms with Gasteiger partial charge in [-0.1, -0.05) is 23.7 Å². The molecule has 1 aliphatic rings. The summed E-state index contributed by atoms with van der Waals surface area (Å²) >= 11 is 6.11. The fraction of sp³-hybridized carbons (Fsp3) is 0.381. The number of nitrogens with one attached hydrogen (secondary N) is 1. The van der Waals surface area contributed by atoms with Crippen molar-refractivity contribution in [2.75, 3.05) is 26.3 Å². The van der Waals surface area contributed by atoms with Gasteiger partial charge in [-0.25, -0.2) is 0 Å². The van der Waals surface area contributed by atoms with E-state index in [1.165, 1.54) is 0 Å². The minimum Gasteiger partial charge on any atom is -0.492 e. The Bertz CT molecular complexity index is 1030. The number of carbonyl (C=O) groups excluding carboxylic acids is 1. The number of carbonyl (C=O) groups is 1. The standard InChI is InChI=1S/C21H24ClN5O3/c1-14-16(12-23-26(14)2)21(28)27-8-10-30-20(13-27)18-11-15(24-25-18)7-9-29-19-6-4-3-5-17(19)22/h3-6,11-12,20H,7-10,13H2,1-2H3,(H,24,25)/t20-/m1/s1. The highest BCUT2D eigenvalue weighted by Crippen LogP contribution is 2.25. The van der Waals surface area contributed by atoms with E-state index >= 15 is 0 Å². The van der Waals surface area contributed by atoms with Gasteiger partial charge in [0.15, 0.2) is 0 Å². The highest BCUT2D eigenvalue weighted by atomic mass is 35.5. The summed E-state index contributed by atoms with van der Waals surface area (Å²) in [6, 6.07) is 9.35. The van der Waals surface area contributed by atoms with E-state index in [0.29, 0.717) is 49.1 Å². The lowest BCUT2D eigenvalue weighted by Crippen LogP contribution is -2.42. The number of rotatable bonds is 6. The van der Waals surface area contributed by atoms with Gasteiger partial charge in [-0.2, -0.15) is 10.2 Å². The van der Waals surface area contributed by atoms with E-state index in [1.807, 2.05) is 38.2 Å². The molecule has 0 bridgehead atoms. The molecule has 1 saturated heterocycles. The maximum absolute atomic E-state index is 12.9. The Morgan fingerprint density at radius 3 is 3.00 bits per heavy atom. The number of morpholine rings is 1. The molecular formula is C21H24ClN5O3. The minimum atomic E-state index is -0.269. The van der Waals surface area contributed by atoms with Gasteiger partial charge >= 0.3 is 0 Å². The van der Waals surface area contributed by atoms with Crippen LogP contribution in [-0.4, -0.2) is 57.1 Å². The van der Waals surface area contributed by atoms with Gasteiger partial charge in [0, 0.05) is 31.4 Å². The van der Waals surface area contributed by atoms with Crippen LogP contribution in [0.5, 0.6) is 5.75 Å². The van der Waals surface area contributed by atoms with E-state index in [2.05, 4.69) is 15.3 Å². The summed E-state index contributed by atoms with van der Waals surface area (Å²) in [7, 11) is 1.83. The Hall–Kier alpha value is -2.84. The van der Waals surface area contributed by atoms with Crippen LogP contribution in [-0.2, 0) is 18.2 Å². The van der Waals surface area contributed by atoms with Crippen molar-refractivity contribution in [3.8, 4) is 5.75 Å². The fourth-order valence-corrected chi connectivity index (χ4v) is 3.59. The predicted octanol–water partition coefficient (Wildman–Crippen LogP) is 2.94. The minimum absolute atomic E-state index is 0.0298. The molecule has 0 radical (unpaired) electrons. The van der Waals surface area contributed by atoms with Crippen molar-refractivity contribution in [2.24, 2.45) is 7.05 Å². The van der Waals surface area contributed by atoms with E-state index in [0.717, 1.165) is 17.1 Å². The zero-order valence-corrected chi connectivity index (χ0v) is 17.7. The maximum atomic E-state index is 12.9. The number of aromatic amines is 1. The second kappa shape index (κ2) is 8.89. The summed E-state index contributed by atoms with van der Waals surface area (Å²) < 4.78 is 13.3. The Morgan fingerprint density at radius 2 is 2.23 bits per heavy atom. The summed E-state index contributed by atoms with van der Waals surface area (Å²) in [5, 5.41) is 12.2. The number of nitrogens with zero attached hydrogens (tertiary/aromatic N) is 4. The van der Waals surface area contributed by atoms with Crippen LogP contribution in [0.3, 0.4) is 0 Å². The molecule has 1 aliphatic heterocycles. The van der Waals surface area contributed by atoms with Crippen LogP contribution in [0.1, 0.15) is 33.5 Å². The van der Waals surface area contributed by atoms with Gasteiger partial charge in [-0.3, -0.25) is 14.6 Å². The van der Waals surface area contributed by atoms with Crippen molar-refractivity contribution < 1.29 is 14.3 Å². The first-order valence-corrected chi connectivity index (χ1v) is 10.2. The Morgan fingerprint density at radius 1 is 1.40 bits per heavy atom. The molecule has 3 heterocycles.